The number of thiocarbonyl (C=S) groups is 1. The van der Waals surface area contributed by atoms with Gasteiger partial charge in [0.25, 0.3) is 0 Å². The minimum Gasteiger partial charge on any atom is -0.389 e. The molecule has 0 amide bonds. The van der Waals surface area contributed by atoms with Crippen LogP contribution in [0.2, 0.25) is 0 Å². The lowest BCUT2D eigenvalue weighted by molar-refractivity contribution is 0.387. The molecule has 0 radical (unpaired) electrons. The lowest BCUT2D eigenvalue weighted by Gasteiger charge is -2.10. The molecule has 1 heterocycles. The number of aryl methyl sites for hydroxylation is 1. The maximum absolute atomic E-state index is 5.70. The van der Waals surface area contributed by atoms with Crippen LogP contribution < -0.4 is 11.1 Å². The maximum atomic E-state index is 5.70. The Morgan fingerprint density at radius 3 is 2.95 bits per heavy atom. The number of benzene rings is 1. The molecule has 2 rings (SSSR count). The molecule has 0 saturated heterocycles. The smallest absolute Gasteiger partial charge is 0.223 e. The second kappa shape index (κ2) is 6.12. The summed E-state index contributed by atoms with van der Waals surface area (Å²) in [5.74, 6) is 1.25. The van der Waals surface area contributed by atoms with Crippen molar-refractivity contribution >= 4 is 38.8 Å². The Kier molecular flexibility index (Phi) is 4.49. The van der Waals surface area contributed by atoms with Crippen LogP contribution in [0.3, 0.4) is 0 Å². The van der Waals surface area contributed by atoms with Gasteiger partial charge in [-0.1, -0.05) is 33.3 Å². The van der Waals surface area contributed by atoms with E-state index in [0.29, 0.717) is 29.7 Å². The minimum absolute atomic E-state index is 0.360. The minimum atomic E-state index is 0.360. The van der Waals surface area contributed by atoms with Gasteiger partial charge < -0.3 is 15.6 Å². The molecule has 0 spiro atoms. The van der Waals surface area contributed by atoms with Crippen molar-refractivity contribution in [2.45, 2.75) is 13.3 Å². The van der Waals surface area contributed by atoms with E-state index < -0.39 is 0 Å². The highest BCUT2D eigenvalue weighted by Crippen LogP contribution is 2.21. The van der Waals surface area contributed by atoms with Gasteiger partial charge in [-0.15, -0.1) is 0 Å². The molecule has 0 aliphatic carbocycles. The zero-order valence-corrected chi connectivity index (χ0v) is 12.7. The van der Waals surface area contributed by atoms with E-state index in [9.17, 15) is 0 Å². The van der Waals surface area contributed by atoms with E-state index in [4.69, 9.17) is 22.5 Å². The summed E-state index contributed by atoms with van der Waals surface area (Å²) >= 11 is 8.43. The van der Waals surface area contributed by atoms with Crippen LogP contribution in [-0.4, -0.2) is 21.7 Å². The van der Waals surface area contributed by atoms with Gasteiger partial charge in [0.2, 0.25) is 5.89 Å². The van der Waals surface area contributed by atoms with Crippen molar-refractivity contribution in [1.82, 2.24) is 10.1 Å². The van der Waals surface area contributed by atoms with Gasteiger partial charge in [-0.05, 0) is 18.2 Å². The number of hydrogen-bond donors (Lipinski definition) is 2. The molecule has 3 N–H and O–H groups in total. The standard InChI is InChI=1S/C12H13BrN4OS/c1-7-16-11(17-18-7)4-5-15-10-3-2-8(13)6-9(10)12(14)19/h2-3,6,15H,4-5H2,1H3,(H2,14,19). The molecule has 0 aliphatic heterocycles. The van der Waals surface area contributed by atoms with Crippen LogP contribution in [0, 0.1) is 6.92 Å². The first-order valence-corrected chi connectivity index (χ1v) is 6.89. The lowest BCUT2D eigenvalue weighted by Crippen LogP contribution is -2.14. The Balaban J connectivity index is 2.01. The van der Waals surface area contributed by atoms with Crippen molar-refractivity contribution in [2.24, 2.45) is 5.73 Å². The molecule has 2 aromatic rings. The molecular weight excluding hydrogens is 328 g/mol. The fraction of sp³-hybridized carbons (Fsp3) is 0.250. The summed E-state index contributed by atoms with van der Waals surface area (Å²) in [4.78, 5) is 4.50. The summed E-state index contributed by atoms with van der Waals surface area (Å²) in [5.41, 5.74) is 7.41. The fourth-order valence-electron chi connectivity index (χ4n) is 1.63. The van der Waals surface area contributed by atoms with Crippen molar-refractivity contribution < 1.29 is 4.52 Å². The number of halogens is 1. The van der Waals surface area contributed by atoms with Crippen LogP contribution in [0.15, 0.2) is 27.2 Å². The van der Waals surface area contributed by atoms with Gasteiger partial charge in [-0.3, -0.25) is 0 Å². The first kappa shape index (κ1) is 14.0. The van der Waals surface area contributed by atoms with Gasteiger partial charge in [0.15, 0.2) is 5.82 Å². The molecule has 1 aromatic heterocycles. The van der Waals surface area contributed by atoms with Crippen LogP contribution in [0.4, 0.5) is 5.69 Å². The summed E-state index contributed by atoms with van der Waals surface area (Å²) in [6.07, 6.45) is 0.671. The fourth-order valence-corrected chi connectivity index (χ4v) is 2.16. The van der Waals surface area contributed by atoms with Gasteiger partial charge in [0, 0.05) is 35.6 Å². The van der Waals surface area contributed by atoms with Crippen LogP contribution >= 0.6 is 28.1 Å². The Morgan fingerprint density at radius 1 is 1.53 bits per heavy atom. The molecule has 100 valence electrons. The third kappa shape index (κ3) is 3.74. The average molecular weight is 341 g/mol. The second-order valence-electron chi connectivity index (χ2n) is 3.96. The van der Waals surface area contributed by atoms with Crippen LogP contribution in [0.5, 0.6) is 0 Å². The Morgan fingerprint density at radius 2 is 2.32 bits per heavy atom. The van der Waals surface area contributed by atoms with Crippen LogP contribution in [-0.2, 0) is 6.42 Å². The van der Waals surface area contributed by atoms with E-state index in [2.05, 4.69) is 31.4 Å². The molecule has 0 fully saturated rings. The van der Waals surface area contributed by atoms with Crippen molar-refractivity contribution in [1.29, 1.82) is 0 Å². The monoisotopic (exact) mass is 340 g/mol. The lowest BCUT2D eigenvalue weighted by atomic mass is 10.1. The SMILES string of the molecule is Cc1nc(CCNc2ccc(Br)cc2C(N)=S)no1. The molecule has 0 saturated carbocycles. The maximum Gasteiger partial charge on any atom is 0.223 e. The predicted octanol–water partition coefficient (Wildman–Crippen LogP) is 2.43. The Bertz CT molecular complexity index is 599. The van der Waals surface area contributed by atoms with Gasteiger partial charge in [0.1, 0.15) is 4.99 Å². The van der Waals surface area contributed by atoms with E-state index in [1.807, 2.05) is 18.2 Å². The van der Waals surface area contributed by atoms with Crippen molar-refractivity contribution in [2.75, 3.05) is 11.9 Å². The van der Waals surface area contributed by atoms with Crippen molar-refractivity contribution in [3.63, 3.8) is 0 Å². The molecule has 0 aliphatic rings. The third-order valence-electron chi connectivity index (χ3n) is 2.48. The molecule has 5 nitrogen and oxygen atoms in total. The molecule has 19 heavy (non-hydrogen) atoms. The number of anilines is 1. The molecular formula is C12H13BrN4OS. The largest absolute Gasteiger partial charge is 0.389 e. The number of nitrogens with zero attached hydrogens (tertiary/aromatic N) is 2. The van der Waals surface area contributed by atoms with Crippen LogP contribution in [0.1, 0.15) is 17.3 Å². The van der Waals surface area contributed by atoms with E-state index in [1.165, 1.54) is 0 Å². The topological polar surface area (TPSA) is 77.0 Å². The number of nitrogens with one attached hydrogen (secondary N) is 1. The molecule has 1 aromatic carbocycles. The Hall–Kier alpha value is -1.47. The number of aromatic nitrogens is 2. The normalized spacial score (nSPS) is 10.4. The zero-order chi connectivity index (χ0) is 13.8. The van der Waals surface area contributed by atoms with Gasteiger partial charge in [0.05, 0.1) is 0 Å². The summed E-state index contributed by atoms with van der Waals surface area (Å²) in [6, 6.07) is 5.76. The van der Waals surface area contributed by atoms with Crippen molar-refractivity contribution in [3.05, 3.63) is 40.0 Å². The number of hydrogen-bond acceptors (Lipinski definition) is 5. The highest BCUT2D eigenvalue weighted by molar-refractivity contribution is 9.10. The number of nitrogens with two attached hydrogens (primary N) is 1. The van der Waals surface area contributed by atoms with Crippen molar-refractivity contribution in [3.8, 4) is 0 Å². The molecule has 0 bridgehead atoms. The molecule has 0 unspecified atom stereocenters. The third-order valence-corrected chi connectivity index (χ3v) is 3.19. The summed E-state index contributed by atoms with van der Waals surface area (Å²) in [5, 5.41) is 7.10. The summed E-state index contributed by atoms with van der Waals surface area (Å²) in [6.45, 7) is 2.44. The van der Waals surface area contributed by atoms with Crippen LogP contribution in [0.25, 0.3) is 0 Å². The zero-order valence-electron chi connectivity index (χ0n) is 10.3. The quantitative estimate of drug-likeness (QED) is 0.814. The Labute approximate surface area is 124 Å². The summed E-state index contributed by atoms with van der Waals surface area (Å²) in [7, 11) is 0. The van der Waals surface area contributed by atoms with E-state index in [-0.39, 0.29) is 0 Å². The summed E-state index contributed by atoms with van der Waals surface area (Å²) < 4.78 is 5.85. The first-order chi connectivity index (χ1) is 9.06. The van der Waals surface area contributed by atoms with E-state index >= 15 is 0 Å². The molecule has 7 heteroatoms. The highest BCUT2D eigenvalue weighted by Gasteiger charge is 2.07. The van der Waals surface area contributed by atoms with E-state index in [0.717, 1.165) is 15.7 Å². The first-order valence-electron chi connectivity index (χ1n) is 5.68. The highest BCUT2D eigenvalue weighted by atomic mass is 79.9. The molecule has 0 atom stereocenters. The second-order valence-corrected chi connectivity index (χ2v) is 5.32. The van der Waals surface area contributed by atoms with Gasteiger partial charge >= 0.3 is 0 Å². The number of rotatable bonds is 5. The van der Waals surface area contributed by atoms with E-state index in [1.54, 1.807) is 6.92 Å². The van der Waals surface area contributed by atoms with Gasteiger partial charge in [-0.25, -0.2) is 0 Å². The predicted molar refractivity (Wildman–Crippen MR) is 81.3 cm³/mol. The van der Waals surface area contributed by atoms with Gasteiger partial charge in [-0.2, -0.15) is 4.98 Å². The average Bonchev–Trinajstić information content (AvgIpc) is 2.77.